The lowest BCUT2D eigenvalue weighted by Gasteiger charge is -2.55. The molecule has 1 aliphatic carbocycles. The zero-order chi connectivity index (χ0) is 26.3. The van der Waals surface area contributed by atoms with Crippen LogP contribution in [0.15, 0.2) is 41.3 Å². The van der Waals surface area contributed by atoms with Crippen LogP contribution in [0.2, 0.25) is 0 Å². The Bertz CT molecular complexity index is 1430. The van der Waals surface area contributed by atoms with Gasteiger partial charge in [-0.1, -0.05) is 0 Å². The molecule has 3 aliphatic rings. The van der Waals surface area contributed by atoms with Crippen LogP contribution in [0.5, 0.6) is 5.75 Å². The molecule has 2 aromatic rings. The molecule has 0 spiro atoms. The van der Waals surface area contributed by atoms with E-state index < -0.39 is 82.1 Å². The fourth-order valence-corrected chi connectivity index (χ4v) is 10.1. The highest BCUT2D eigenvalue weighted by atomic mass is 32.2. The number of rotatable bonds is 2. The minimum atomic E-state index is -4.69. The van der Waals surface area contributed by atoms with E-state index in [-0.39, 0.29) is 31.6 Å². The molecule has 6 nitrogen and oxygen atoms in total. The van der Waals surface area contributed by atoms with Crippen LogP contribution in [0.1, 0.15) is 30.4 Å². The van der Waals surface area contributed by atoms with Gasteiger partial charge >= 0.3 is 6.18 Å². The fourth-order valence-electron chi connectivity index (χ4n) is 6.17. The van der Waals surface area contributed by atoms with Crippen molar-refractivity contribution in [2.45, 2.75) is 41.1 Å². The molecule has 196 valence electrons. The van der Waals surface area contributed by atoms with Gasteiger partial charge < -0.3 is 4.74 Å². The third kappa shape index (κ3) is 3.49. The Labute approximate surface area is 205 Å². The van der Waals surface area contributed by atoms with Crippen molar-refractivity contribution >= 4 is 19.9 Å². The molecular formula is C23H22F5NO5S2. The first-order chi connectivity index (χ1) is 16.7. The number of hydrogen-bond donors (Lipinski definition) is 0. The Balaban J connectivity index is 1.73. The standard InChI is InChI=1S/C23H22F5NO5S2/c1-29-19-8-10-22(36(32,33)14-4-2-13(3-5-14)23(26,27)28)16(15(19)9-11-35(29,30)31)12-34-21-18(25)7-6-17(24)20(21)22/h2-7,15-16,19H,8-12H2,1H3/t15-,16-,19+,22-/m0/s1. The second-order valence-electron chi connectivity index (χ2n) is 9.46. The summed E-state index contributed by atoms with van der Waals surface area (Å²) in [7, 11) is -6.78. The first-order valence-electron chi connectivity index (χ1n) is 11.2. The number of alkyl halides is 3. The number of hydrogen-bond acceptors (Lipinski definition) is 5. The summed E-state index contributed by atoms with van der Waals surface area (Å²) >= 11 is 0. The monoisotopic (exact) mass is 551 g/mol. The maximum absolute atomic E-state index is 15.4. The number of ether oxygens (including phenoxy) is 1. The largest absolute Gasteiger partial charge is 0.490 e. The smallest absolute Gasteiger partial charge is 0.416 e. The highest BCUT2D eigenvalue weighted by Gasteiger charge is 2.64. The molecular weight excluding hydrogens is 529 g/mol. The normalized spacial score (nSPS) is 30.0. The zero-order valence-corrected chi connectivity index (χ0v) is 20.6. The summed E-state index contributed by atoms with van der Waals surface area (Å²) < 4.78 is 128. The van der Waals surface area contributed by atoms with E-state index in [1.54, 1.807) is 0 Å². The Morgan fingerprint density at radius 2 is 1.67 bits per heavy atom. The van der Waals surface area contributed by atoms with E-state index >= 15 is 4.39 Å². The van der Waals surface area contributed by atoms with Crippen LogP contribution in [0.25, 0.3) is 0 Å². The van der Waals surface area contributed by atoms with Crippen LogP contribution < -0.4 is 4.74 Å². The molecule has 0 radical (unpaired) electrons. The third-order valence-electron chi connectivity index (χ3n) is 7.90. The Morgan fingerprint density at radius 3 is 2.31 bits per heavy atom. The van der Waals surface area contributed by atoms with Gasteiger partial charge in [0.25, 0.3) is 0 Å². The van der Waals surface area contributed by atoms with Gasteiger partial charge in [0.05, 0.1) is 28.4 Å². The molecule has 0 N–H and O–H groups in total. The summed E-state index contributed by atoms with van der Waals surface area (Å²) in [5.74, 6) is -4.30. The SMILES string of the molecule is CN1[C@@H]2CC[C@@]3(S(=O)(=O)c4ccc(C(F)(F)F)cc4)c4c(F)ccc(F)c4OC[C@H]3[C@@H]2CCS1(=O)=O. The lowest BCUT2D eigenvalue weighted by atomic mass is 9.64. The predicted octanol–water partition coefficient (Wildman–Crippen LogP) is 4.11. The van der Waals surface area contributed by atoms with E-state index in [0.29, 0.717) is 12.1 Å². The van der Waals surface area contributed by atoms with Crippen LogP contribution in [-0.2, 0) is 30.8 Å². The summed E-state index contributed by atoms with van der Waals surface area (Å²) in [6.45, 7) is -0.317. The fraction of sp³-hybridized carbons (Fsp3) is 0.478. The van der Waals surface area contributed by atoms with Crippen molar-refractivity contribution < 1.29 is 43.5 Å². The molecule has 2 aromatic carbocycles. The molecule has 0 bridgehead atoms. The molecule has 5 rings (SSSR count). The summed E-state index contributed by atoms with van der Waals surface area (Å²) in [6.07, 6.45) is -4.84. The van der Waals surface area contributed by atoms with Gasteiger partial charge in [0.1, 0.15) is 10.6 Å². The zero-order valence-electron chi connectivity index (χ0n) is 18.9. The molecule has 13 heteroatoms. The number of fused-ring (bicyclic) bond motifs is 5. The van der Waals surface area contributed by atoms with Gasteiger partial charge in [-0.25, -0.2) is 29.9 Å². The molecule has 0 aromatic heterocycles. The minimum absolute atomic E-state index is 0.0339. The van der Waals surface area contributed by atoms with Crippen molar-refractivity contribution in [2.24, 2.45) is 11.8 Å². The van der Waals surface area contributed by atoms with E-state index in [4.69, 9.17) is 4.74 Å². The first kappa shape index (κ1) is 25.4. The summed E-state index contributed by atoms with van der Waals surface area (Å²) in [5.41, 5.74) is -1.55. The van der Waals surface area contributed by atoms with Gasteiger partial charge in [0.2, 0.25) is 10.0 Å². The van der Waals surface area contributed by atoms with Crippen LogP contribution in [-0.4, -0.2) is 46.6 Å². The van der Waals surface area contributed by atoms with Crippen molar-refractivity contribution in [3.05, 3.63) is 59.2 Å². The second-order valence-corrected chi connectivity index (χ2v) is 13.8. The van der Waals surface area contributed by atoms with Crippen molar-refractivity contribution in [1.82, 2.24) is 4.31 Å². The molecule has 0 unspecified atom stereocenters. The first-order valence-corrected chi connectivity index (χ1v) is 14.3. The number of sulfonamides is 1. The average molecular weight is 552 g/mol. The summed E-state index contributed by atoms with van der Waals surface area (Å²) in [5, 5.41) is 0. The topological polar surface area (TPSA) is 80.8 Å². The quantitative estimate of drug-likeness (QED) is 0.525. The van der Waals surface area contributed by atoms with Gasteiger partial charge in [-0.05, 0) is 61.6 Å². The van der Waals surface area contributed by atoms with Gasteiger partial charge in [0.15, 0.2) is 21.4 Å². The van der Waals surface area contributed by atoms with E-state index in [2.05, 4.69) is 0 Å². The highest BCUT2D eigenvalue weighted by molar-refractivity contribution is 7.92. The molecule has 36 heavy (non-hydrogen) atoms. The highest BCUT2D eigenvalue weighted by Crippen LogP contribution is 2.60. The van der Waals surface area contributed by atoms with Gasteiger partial charge in [-0.2, -0.15) is 13.2 Å². The van der Waals surface area contributed by atoms with Crippen molar-refractivity contribution in [3.63, 3.8) is 0 Å². The van der Waals surface area contributed by atoms with Crippen LogP contribution in [0.3, 0.4) is 0 Å². The van der Waals surface area contributed by atoms with Gasteiger partial charge in [-0.15, -0.1) is 0 Å². The maximum atomic E-state index is 15.4. The van der Waals surface area contributed by atoms with Gasteiger partial charge in [-0.3, -0.25) is 0 Å². The average Bonchev–Trinajstić information content (AvgIpc) is 2.82. The van der Waals surface area contributed by atoms with Crippen molar-refractivity contribution in [3.8, 4) is 5.75 Å². The van der Waals surface area contributed by atoms with Crippen LogP contribution in [0.4, 0.5) is 22.0 Å². The Hall–Kier alpha value is -2.25. The molecule has 4 atom stereocenters. The number of sulfone groups is 1. The minimum Gasteiger partial charge on any atom is -0.490 e. The molecule has 1 saturated carbocycles. The number of halogens is 5. The molecule has 1 saturated heterocycles. The predicted molar refractivity (Wildman–Crippen MR) is 118 cm³/mol. The van der Waals surface area contributed by atoms with E-state index in [1.807, 2.05) is 0 Å². The second kappa shape index (κ2) is 8.12. The van der Waals surface area contributed by atoms with Crippen molar-refractivity contribution in [1.29, 1.82) is 0 Å². The summed E-state index contributed by atoms with van der Waals surface area (Å²) in [4.78, 5) is -0.466. The molecule has 0 amide bonds. The molecule has 2 heterocycles. The van der Waals surface area contributed by atoms with Crippen molar-refractivity contribution in [2.75, 3.05) is 19.4 Å². The van der Waals surface area contributed by atoms with E-state index in [9.17, 15) is 34.4 Å². The third-order valence-corrected chi connectivity index (χ3v) is 12.4. The lowest BCUT2D eigenvalue weighted by molar-refractivity contribution is -0.137. The van der Waals surface area contributed by atoms with Crippen LogP contribution >= 0.6 is 0 Å². The number of benzene rings is 2. The number of nitrogens with zero attached hydrogens (tertiary/aromatic N) is 1. The van der Waals surface area contributed by atoms with E-state index in [0.717, 1.165) is 24.3 Å². The van der Waals surface area contributed by atoms with Gasteiger partial charge in [0, 0.05) is 19.0 Å². The van der Waals surface area contributed by atoms with E-state index in [1.165, 1.54) is 11.4 Å². The Morgan fingerprint density at radius 1 is 1.03 bits per heavy atom. The molecule has 2 fully saturated rings. The van der Waals surface area contributed by atoms with Crippen LogP contribution in [0, 0.1) is 23.5 Å². The lowest BCUT2D eigenvalue weighted by Crippen LogP contribution is -2.62. The Kier molecular flexibility index (Phi) is 5.73. The molecule has 2 aliphatic heterocycles. The summed E-state index contributed by atoms with van der Waals surface area (Å²) in [6, 6.07) is 3.94. The maximum Gasteiger partial charge on any atom is 0.416 e.